The van der Waals surface area contributed by atoms with Gasteiger partial charge in [-0.1, -0.05) is 0 Å². The minimum absolute atomic E-state index is 0.0194. The Bertz CT molecular complexity index is 805. The third-order valence-electron chi connectivity index (χ3n) is 4.70. The highest BCUT2D eigenvalue weighted by Crippen LogP contribution is 2.35. The van der Waals surface area contributed by atoms with Crippen LogP contribution in [0.4, 0.5) is 5.69 Å². The second-order valence-electron chi connectivity index (χ2n) is 6.34. The lowest BCUT2D eigenvalue weighted by Crippen LogP contribution is -2.40. The molecule has 0 spiro atoms. The molecule has 0 unspecified atom stereocenters. The molecule has 2 aliphatic rings. The molecule has 0 radical (unpaired) electrons. The number of fused-ring (bicyclic) bond motifs is 1. The largest absolute Gasteiger partial charge is 0.480 e. The van der Waals surface area contributed by atoms with Crippen LogP contribution in [0.1, 0.15) is 32.3 Å². The molecule has 1 aromatic carbocycles. The van der Waals surface area contributed by atoms with E-state index in [2.05, 4.69) is 0 Å². The molecular weight excluding hydrogens is 332 g/mol. The van der Waals surface area contributed by atoms with E-state index in [1.807, 2.05) is 6.92 Å². The van der Waals surface area contributed by atoms with E-state index in [1.54, 1.807) is 17.0 Å². The number of nitrogens with zero attached hydrogens (tertiary/aromatic N) is 2. The molecule has 0 aliphatic carbocycles. The minimum Gasteiger partial charge on any atom is -0.480 e. The summed E-state index contributed by atoms with van der Waals surface area (Å²) in [6.45, 7) is 3.61. The van der Waals surface area contributed by atoms with E-state index >= 15 is 0 Å². The maximum absolute atomic E-state index is 12.8. The Balaban J connectivity index is 1.98. The maximum Gasteiger partial charge on any atom is 0.322 e. The Labute approximate surface area is 140 Å². The van der Waals surface area contributed by atoms with Gasteiger partial charge in [-0.3, -0.25) is 9.59 Å². The summed E-state index contributed by atoms with van der Waals surface area (Å²) < 4.78 is 26.7. The fraction of sp³-hybridized carbons (Fsp3) is 0.500. The first-order valence-electron chi connectivity index (χ1n) is 7.91. The molecule has 1 N–H and O–H groups in total. The van der Waals surface area contributed by atoms with Gasteiger partial charge in [0.2, 0.25) is 15.9 Å². The van der Waals surface area contributed by atoms with Gasteiger partial charge in [-0.2, -0.15) is 4.31 Å². The summed E-state index contributed by atoms with van der Waals surface area (Å²) in [6, 6.07) is 3.64. The van der Waals surface area contributed by atoms with Gasteiger partial charge in [-0.25, -0.2) is 8.42 Å². The van der Waals surface area contributed by atoms with Crippen LogP contribution < -0.4 is 4.90 Å². The predicted molar refractivity (Wildman–Crippen MR) is 87.3 cm³/mol. The highest BCUT2D eigenvalue weighted by molar-refractivity contribution is 7.89. The number of carboxylic acids is 1. The second-order valence-corrected chi connectivity index (χ2v) is 8.24. The number of aliphatic carboxylic acids is 1. The molecule has 2 aliphatic heterocycles. The summed E-state index contributed by atoms with van der Waals surface area (Å²) in [7, 11) is -3.86. The summed E-state index contributed by atoms with van der Waals surface area (Å²) in [4.78, 5) is 24.8. The number of anilines is 1. The maximum atomic E-state index is 12.8. The van der Waals surface area contributed by atoms with Crippen molar-refractivity contribution in [2.75, 3.05) is 11.4 Å². The lowest BCUT2D eigenvalue weighted by atomic mass is 10.1. The molecule has 3 rings (SSSR count). The Kier molecular flexibility index (Phi) is 4.13. The van der Waals surface area contributed by atoms with Gasteiger partial charge in [0, 0.05) is 25.2 Å². The monoisotopic (exact) mass is 352 g/mol. The first-order chi connectivity index (χ1) is 11.2. The van der Waals surface area contributed by atoms with Crippen LogP contribution in [0.5, 0.6) is 0 Å². The van der Waals surface area contributed by atoms with Crippen LogP contribution in [0.2, 0.25) is 0 Å². The van der Waals surface area contributed by atoms with Gasteiger partial charge in [0.1, 0.15) is 6.04 Å². The molecule has 24 heavy (non-hydrogen) atoms. The summed E-state index contributed by atoms with van der Waals surface area (Å²) >= 11 is 0. The van der Waals surface area contributed by atoms with Crippen LogP contribution in [-0.4, -0.2) is 48.3 Å². The average molecular weight is 352 g/mol. The Morgan fingerprint density at radius 1 is 1.29 bits per heavy atom. The van der Waals surface area contributed by atoms with Gasteiger partial charge in [-0.15, -0.1) is 0 Å². The van der Waals surface area contributed by atoms with Gasteiger partial charge in [0.15, 0.2) is 0 Å². The summed E-state index contributed by atoms with van der Waals surface area (Å²) in [5.74, 6) is -1.20. The van der Waals surface area contributed by atoms with Crippen molar-refractivity contribution in [1.82, 2.24) is 4.31 Å². The SMILES string of the molecule is CC(=O)N1c2ccc(S(=O)(=O)N3CCC[C@@H]3C(=O)O)cc2C[C@H]1C. The molecule has 130 valence electrons. The van der Waals surface area contributed by atoms with Crippen LogP contribution in [0.15, 0.2) is 23.1 Å². The standard InChI is InChI=1S/C16H20N2O5S/c1-10-8-12-9-13(5-6-14(12)18(10)11(2)19)24(22,23)17-7-3-4-15(17)16(20)21/h5-6,9-10,15H,3-4,7-8H2,1-2H3,(H,20,21)/t10-,15-/m1/s1. The molecule has 1 aromatic rings. The smallest absolute Gasteiger partial charge is 0.322 e. The van der Waals surface area contributed by atoms with Gasteiger partial charge in [-0.05, 0) is 49.9 Å². The highest BCUT2D eigenvalue weighted by atomic mass is 32.2. The third kappa shape index (κ3) is 2.59. The lowest BCUT2D eigenvalue weighted by molar-refractivity contribution is -0.140. The molecule has 0 saturated carbocycles. The number of benzene rings is 1. The third-order valence-corrected chi connectivity index (χ3v) is 6.61. The zero-order chi connectivity index (χ0) is 17.6. The minimum atomic E-state index is -3.86. The Morgan fingerprint density at radius 2 is 2.00 bits per heavy atom. The zero-order valence-electron chi connectivity index (χ0n) is 13.6. The van der Waals surface area contributed by atoms with Crippen molar-refractivity contribution >= 4 is 27.6 Å². The Morgan fingerprint density at radius 3 is 2.62 bits per heavy atom. The van der Waals surface area contributed by atoms with Crippen molar-refractivity contribution in [1.29, 1.82) is 0 Å². The second kappa shape index (κ2) is 5.86. The van der Waals surface area contributed by atoms with E-state index in [0.29, 0.717) is 19.3 Å². The molecule has 2 atom stereocenters. The first-order valence-corrected chi connectivity index (χ1v) is 9.35. The quantitative estimate of drug-likeness (QED) is 0.883. The van der Waals surface area contributed by atoms with Gasteiger partial charge < -0.3 is 10.0 Å². The number of carbonyl (C=O) groups is 2. The van der Waals surface area contributed by atoms with Crippen molar-refractivity contribution in [2.24, 2.45) is 0 Å². The molecule has 1 amide bonds. The summed E-state index contributed by atoms with van der Waals surface area (Å²) in [6.07, 6.45) is 1.45. The van der Waals surface area contributed by atoms with Crippen LogP contribution in [-0.2, 0) is 26.0 Å². The summed E-state index contributed by atoms with van der Waals surface area (Å²) in [5.41, 5.74) is 1.52. The zero-order valence-corrected chi connectivity index (χ0v) is 14.4. The van der Waals surface area contributed by atoms with E-state index < -0.39 is 22.0 Å². The normalized spacial score (nSPS) is 24.2. The molecule has 0 bridgehead atoms. The van der Waals surface area contributed by atoms with Crippen LogP contribution >= 0.6 is 0 Å². The molecule has 7 nitrogen and oxygen atoms in total. The molecule has 0 aromatic heterocycles. The number of hydrogen-bond donors (Lipinski definition) is 1. The van der Waals surface area contributed by atoms with Gasteiger partial charge in [0.05, 0.1) is 4.90 Å². The van der Waals surface area contributed by atoms with Crippen LogP contribution in [0, 0.1) is 0 Å². The highest BCUT2D eigenvalue weighted by Gasteiger charge is 2.40. The molecular formula is C16H20N2O5S. The number of carboxylic acid groups (broad SMARTS) is 1. The van der Waals surface area contributed by atoms with E-state index in [0.717, 1.165) is 15.6 Å². The van der Waals surface area contributed by atoms with Crippen molar-refractivity contribution in [3.05, 3.63) is 23.8 Å². The topological polar surface area (TPSA) is 95.0 Å². The summed E-state index contributed by atoms with van der Waals surface area (Å²) in [5, 5.41) is 9.23. The first kappa shape index (κ1) is 16.9. The average Bonchev–Trinajstić information content (AvgIpc) is 3.09. The lowest BCUT2D eigenvalue weighted by Gasteiger charge is -2.22. The van der Waals surface area contributed by atoms with Crippen molar-refractivity contribution in [2.45, 2.75) is 50.1 Å². The van der Waals surface area contributed by atoms with E-state index in [9.17, 15) is 23.1 Å². The van der Waals surface area contributed by atoms with E-state index in [1.165, 1.54) is 13.0 Å². The fourth-order valence-corrected chi connectivity index (χ4v) is 5.36. The number of sulfonamides is 1. The van der Waals surface area contributed by atoms with Crippen LogP contribution in [0.25, 0.3) is 0 Å². The van der Waals surface area contributed by atoms with E-state index in [4.69, 9.17) is 0 Å². The number of hydrogen-bond acceptors (Lipinski definition) is 4. The van der Waals surface area contributed by atoms with Gasteiger partial charge in [0.25, 0.3) is 0 Å². The van der Waals surface area contributed by atoms with Crippen molar-refractivity contribution in [3.8, 4) is 0 Å². The number of amides is 1. The molecule has 2 heterocycles. The molecule has 1 fully saturated rings. The fourth-order valence-electron chi connectivity index (χ4n) is 3.66. The Hall–Kier alpha value is -1.93. The predicted octanol–water partition coefficient (Wildman–Crippen LogP) is 1.22. The van der Waals surface area contributed by atoms with Crippen molar-refractivity contribution in [3.63, 3.8) is 0 Å². The number of rotatable bonds is 3. The van der Waals surface area contributed by atoms with E-state index in [-0.39, 0.29) is 23.4 Å². The van der Waals surface area contributed by atoms with Crippen LogP contribution in [0.3, 0.4) is 0 Å². The molecule has 8 heteroatoms. The van der Waals surface area contributed by atoms with Gasteiger partial charge >= 0.3 is 5.97 Å². The molecule has 1 saturated heterocycles. The number of carbonyl (C=O) groups excluding carboxylic acids is 1. The van der Waals surface area contributed by atoms with Crippen molar-refractivity contribution < 1.29 is 23.1 Å².